The summed E-state index contributed by atoms with van der Waals surface area (Å²) >= 11 is 0.738. The van der Waals surface area contributed by atoms with E-state index >= 15 is 0 Å². The fraction of sp³-hybridized carbons (Fsp3) is 0.308. The molecule has 1 fully saturated rings. The predicted molar refractivity (Wildman–Crippen MR) is 137 cm³/mol. The van der Waals surface area contributed by atoms with Gasteiger partial charge < -0.3 is 26.4 Å². The number of benzene rings is 2. The predicted octanol–water partition coefficient (Wildman–Crippen LogP) is 3.41. The number of rotatable bonds is 9. The number of aromatic nitrogens is 1. The highest BCUT2D eigenvalue weighted by Crippen LogP contribution is 2.32. The number of nitrogens with zero attached hydrogens (tertiary/aromatic N) is 2. The van der Waals surface area contributed by atoms with E-state index in [0.29, 0.717) is 16.9 Å². The number of carbonyl (C=O) groups excluding carboxylic acids is 3. The third kappa shape index (κ3) is 5.88. The van der Waals surface area contributed by atoms with Crippen LogP contribution in [0.4, 0.5) is 10.1 Å². The lowest BCUT2D eigenvalue weighted by Crippen LogP contribution is -2.45. The minimum Gasteiger partial charge on any atom is -0.497 e. The molecule has 3 aromatic rings. The molecular weight excluding hydrogens is 497 g/mol. The molecule has 0 bridgehead atoms. The van der Waals surface area contributed by atoms with E-state index in [-0.39, 0.29) is 34.8 Å². The van der Waals surface area contributed by atoms with Crippen LogP contribution in [0.3, 0.4) is 0 Å². The van der Waals surface area contributed by atoms with Gasteiger partial charge in [-0.2, -0.15) is 4.37 Å². The number of hydrogen-bond acceptors (Lipinski definition) is 7. The van der Waals surface area contributed by atoms with Gasteiger partial charge in [0.25, 0.3) is 11.8 Å². The summed E-state index contributed by atoms with van der Waals surface area (Å²) in [6.07, 6.45) is 3.75. The van der Waals surface area contributed by atoms with Crippen LogP contribution in [0.25, 0.3) is 0 Å². The third-order valence-corrected chi connectivity index (χ3v) is 7.23. The summed E-state index contributed by atoms with van der Waals surface area (Å²) in [7, 11) is 1.53. The Labute approximate surface area is 217 Å². The first-order chi connectivity index (χ1) is 17.8. The Hall–Kier alpha value is -3.99. The molecular formula is C26H28FN5O4S. The summed E-state index contributed by atoms with van der Waals surface area (Å²) in [5.74, 6) is -1.65. The second-order valence-electron chi connectivity index (χ2n) is 8.86. The number of ether oxygens (including phenoxy) is 1. The van der Waals surface area contributed by atoms with E-state index < -0.39 is 23.7 Å². The molecule has 0 aliphatic heterocycles. The van der Waals surface area contributed by atoms with Crippen LogP contribution in [0.2, 0.25) is 0 Å². The maximum absolute atomic E-state index is 13.9. The van der Waals surface area contributed by atoms with Crippen molar-refractivity contribution < 1.29 is 23.5 Å². The molecule has 1 aliphatic rings. The van der Waals surface area contributed by atoms with Gasteiger partial charge in [-0.25, -0.2) is 4.39 Å². The van der Waals surface area contributed by atoms with E-state index in [2.05, 4.69) is 9.69 Å². The van der Waals surface area contributed by atoms with Gasteiger partial charge in [0.15, 0.2) is 5.69 Å². The molecule has 4 rings (SSSR count). The van der Waals surface area contributed by atoms with Crippen molar-refractivity contribution in [3.05, 3.63) is 76.0 Å². The zero-order valence-electron chi connectivity index (χ0n) is 20.3. The first-order valence-corrected chi connectivity index (χ1v) is 12.6. The van der Waals surface area contributed by atoms with Gasteiger partial charge in [-0.3, -0.25) is 14.4 Å². The summed E-state index contributed by atoms with van der Waals surface area (Å²) in [6.45, 7) is -0.0306. The van der Waals surface area contributed by atoms with E-state index in [4.69, 9.17) is 16.2 Å². The minimum absolute atomic E-state index is 0.00552. The normalized spacial score (nSPS) is 14.2. The van der Waals surface area contributed by atoms with Crippen molar-refractivity contribution in [3.8, 4) is 5.75 Å². The molecule has 9 nitrogen and oxygen atoms in total. The molecule has 0 saturated heterocycles. The van der Waals surface area contributed by atoms with E-state index in [9.17, 15) is 18.8 Å². The molecule has 11 heteroatoms. The van der Waals surface area contributed by atoms with Crippen LogP contribution in [0.5, 0.6) is 5.75 Å². The largest absolute Gasteiger partial charge is 0.497 e. The number of nitrogens with one attached hydrogen (secondary N) is 1. The van der Waals surface area contributed by atoms with Crippen molar-refractivity contribution in [1.29, 1.82) is 0 Å². The zero-order chi connectivity index (χ0) is 26.5. The van der Waals surface area contributed by atoms with Crippen molar-refractivity contribution in [3.63, 3.8) is 0 Å². The fourth-order valence-corrected chi connectivity index (χ4v) is 5.20. The SMILES string of the molecule is COc1ccc(C(C(=O)NC2CCCC2)N(Cc2ccc(F)cc2)C(=O)c2snc(C(N)=O)c2N)cc1. The maximum atomic E-state index is 13.9. The molecule has 0 radical (unpaired) electrons. The van der Waals surface area contributed by atoms with Gasteiger partial charge in [0.2, 0.25) is 5.91 Å². The topological polar surface area (TPSA) is 141 Å². The van der Waals surface area contributed by atoms with Gasteiger partial charge in [0, 0.05) is 12.6 Å². The van der Waals surface area contributed by atoms with Crippen molar-refractivity contribution in [1.82, 2.24) is 14.6 Å². The van der Waals surface area contributed by atoms with E-state index in [0.717, 1.165) is 37.2 Å². The first-order valence-electron chi connectivity index (χ1n) is 11.8. The molecule has 1 heterocycles. The Morgan fingerprint density at radius 3 is 2.35 bits per heavy atom. The second-order valence-corrected chi connectivity index (χ2v) is 9.64. The molecule has 1 aliphatic carbocycles. The highest BCUT2D eigenvalue weighted by Gasteiger charge is 2.36. The zero-order valence-corrected chi connectivity index (χ0v) is 21.1. The summed E-state index contributed by atoms with van der Waals surface area (Å²) < 4.78 is 22.8. The summed E-state index contributed by atoms with van der Waals surface area (Å²) in [6, 6.07) is 11.4. The van der Waals surface area contributed by atoms with E-state index in [1.165, 1.54) is 24.1 Å². The van der Waals surface area contributed by atoms with Crippen molar-refractivity contribution in [2.75, 3.05) is 12.8 Å². The second kappa shape index (κ2) is 11.4. The lowest BCUT2D eigenvalue weighted by atomic mass is 10.0. The van der Waals surface area contributed by atoms with Crippen molar-refractivity contribution in [2.45, 2.75) is 44.3 Å². The maximum Gasteiger partial charge on any atom is 0.270 e. The Balaban J connectivity index is 1.79. The van der Waals surface area contributed by atoms with Crippen LogP contribution in [-0.2, 0) is 11.3 Å². The van der Waals surface area contributed by atoms with Gasteiger partial charge in [0.05, 0.1) is 12.8 Å². The van der Waals surface area contributed by atoms with Crippen molar-refractivity contribution in [2.24, 2.45) is 5.73 Å². The molecule has 0 spiro atoms. The summed E-state index contributed by atoms with van der Waals surface area (Å²) in [5, 5.41) is 3.08. The van der Waals surface area contributed by atoms with Gasteiger partial charge in [-0.15, -0.1) is 0 Å². The molecule has 1 unspecified atom stereocenters. The Bertz CT molecular complexity index is 1270. The molecule has 5 N–H and O–H groups in total. The van der Waals surface area contributed by atoms with Gasteiger partial charge >= 0.3 is 0 Å². The smallest absolute Gasteiger partial charge is 0.270 e. The fourth-order valence-electron chi connectivity index (χ4n) is 4.44. The quantitative estimate of drug-likeness (QED) is 0.391. The average molecular weight is 526 g/mol. The van der Waals surface area contributed by atoms with Crippen LogP contribution < -0.4 is 21.5 Å². The first kappa shape index (κ1) is 26.1. The summed E-state index contributed by atoms with van der Waals surface area (Å²) in [5.41, 5.74) is 12.2. The lowest BCUT2D eigenvalue weighted by molar-refractivity contribution is -0.126. The molecule has 1 aromatic heterocycles. The van der Waals surface area contributed by atoms with Crippen LogP contribution in [0.15, 0.2) is 48.5 Å². The van der Waals surface area contributed by atoms with Crippen LogP contribution in [0.1, 0.15) is 63.0 Å². The van der Waals surface area contributed by atoms with E-state index in [1.807, 2.05) is 0 Å². The number of amides is 3. The number of carbonyl (C=O) groups is 3. The lowest BCUT2D eigenvalue weighted by Gasteiger charge is -2.32. The highest BCUT2D eigenvalue weighted by molar-refractivity contribution is 7.09. The summed E-state index contributed by atoms with van der Waals surface area (Å²) in [4.78, 5) is 40.8. The number of primary amides is 1. The molecule has 37 heavy (non-hydrogen) atoms. The highest BCUT2D eigenvalue weighted by atomic mass is 32.1. The van der Waals surface area contributed by atoms with Gasteiger partial charge in [-0.05, 0) is 59.8 Å². The minimum atomic E-state index is -1.05. The Morgan fingerprint density at radius 2 is 1.78 bits per heavy atom. The van der Waals surface area contributed by atoms with Gasteiger partial charge in [0.1, 0.15) is 22.5 Å². The molecule has 1 saturated carbocycles. The van der Waals surface area contributed by atoms with Crippen LogP contribution in [0, 0.1) is 5.82 Å². The molecule has 1 atom stereocenters. The average Bonchev–Trinajstić information content (AvgIpc) is 3.54. The number of methoxy groups -OCH3 is 1. The standard InChI is InChI=1S/C26H28FN5O4S/c1-36-19-12-8-16(9-13-19)22(25(34)30-18-4-2-3-5-18)32(14-15-6-10-17(27)11-7-15)26(35)23-20(28)21(24(29)33)31-37-23/h6-13,18,22H,2-5,14,28H2,1H3,(H2,29,33)(H,30,34). The monoisotopic (exact) mass is 525 g/mol. The van der Waals surface area contributed by atoms with E-state index in [1.54, 1.807) is 36.4 Å². The molecule has 2 aromatic carbocycles. The molecule has 194 valence electrons. The van der Waals surface area contributed by atoms with Crippen LogP contribution in [-0.4, -0.2) is 40.1 Å². The third-order valence-electron chi connectivity index (χ3n) is 6.38. The molecule has 3 amide bonds. The van der Waals surface area contributed by atoms with Gasteiger partial charge in [-0.1, -0.05) is 37.1 Å². The number of halogens is 1. The van der Waals surface area contributed by atoms with Crippen molar-refractivity contribution >= 4 is 34.9 Å². The Kier molecular flexibility index (Phi) is 8.02. The number of nitrogen functional groups attached to an aromatic ring is 1. The van der Waals surface area contributed by atoms with Crippen LogP contribution >= 0.6 is 11.5 Å². The number of anilines is 1. The number of hydrogen-bond donors (Lipinski definition) is 3. The number of nitrogens with two attached hydrogens (primary N) is 2. The Morgan fingerprint density at radius 1 is 1.14 bits per heavy atom.